The van der Waals surface area contributed by atoms with Gasteiger partial charge in [0.15, 0.2) is 0 Å². The highest BCUT2D eigenvalue weighted by molar-refractivity contribution is 6.31. The average molecular weight is 347 g/mol. The Morgan fingerprint density at radius 3 is 2.95 bits per heavy atom. The van der Waals surface area contributed by atoms with E-state index in [4.69, 9.17) is 16.3 Å². The predicted octanol–water partition coefficient (Wildman–Crippen LogP) is 3.42. The van der Waals surface area contributed by atoms with E-state index in [9.17, 15) is 4.79 Å². The molecule has 2 N–H and O–H groups in total. The highest BCUT2D eigenvalue weighted by Gasteiger charge is 2.22. The third kappa shape index (κ3) is 5.34. The number of ether oxygens (including phenoxy) is 1. The van der Waals surface area contributed by atoms with Crippen molar-refractivity contribution in [2.75, 3.05) is 13.2 Å². The molecular formula is C16H24Cl2N2O2. The Hall–Kier alpha value is -0.970. The van der Waals surface area contributed by atoms with Crippen LogP contribution in [0.5, 0.6) is 5.75 Å². The lowest BCUT2D eigenvalue weighted by Gasteiger charge is -2.28. The highest BCUT2D eigenvalue weighted by atomic mass is 35.5. The minimum Gasteiger partial charge on any atom is -0.493 e. The van der Waals surface area contributed by atoms with E-state index in [-0.39, 0.29) is 24.4 Å². The molecule has 2 rings (SSSR count). The number of hydrogen-bond acceptors (Lipinski definition) is 3. The van der Waals surface area contributed by atoms with Crippen LogP contribution in [-0.2, 0) is 0 Å². The molecule has 6 heteroatoms. The van der Waals surface area contributed by atoms with Gasteiger partial charge in [0.1, 0.15) is 5.75 Å². The summed E-state index contributed by atoms with van der Waals surface area (Å²) < 4.78 is 5.64. The fourth-order valence-electron chi connectivity index (χ4n) is 2.54. The molecule has 4 nitrogen and oxygen atoms in total. The van der Waals surface area contributed by atoms with Crippen LogP contribution in [0.3, 0.4) is 0 Å². The van der Waals surface area contributed by atoms with Crippen molar-refractivity contribution in [1.82, 2.24) is 10.6 Å². The summed E-state index contributed by atoms with van der Waals surface area (Å²) in [7, 11) is 0. The van der Waals surface area contributed by atoms with E-state index >= 15 is 0 Å². The lowest BCUT2D eigenvalue weighted by atomic mass is 10.00. The third-order valence-corrected chi connectivity index (χ3v) is 3.84. The third-order valence-electron chi connectivity index (χ3n) is 3.61. The molecule has 0 aromatic heterocycles. The van der Waals surface area contributed by atoms with E-state index < -0.39 is 0 Å². The minimum absolute atomic E-state index is 0. The monoisotopic (exact) mass is 346 g/mol. The van der Waals surface area contributed by atoms with Crippen LogP contribution in [0.2, 0.25) is 5.02 Å². The van der Waals surface area contributed by atoms with E-state index in [1.807, 2.05) is 6.92 Å². The lowest BCUT2D eigenvalue weighted by molar-refractivity contribution is 0.0921. The van der Waals surface area contributed by atoms with Gasteiger partial charge in [0, 0.05) is 17.1 Å². The second kappa shape index (κ2) is 9.23. The molecule has 124 valence electrons. The van der Waals surface area contributed by atoms with Crippen LogP contribution in [-0.4, -0.2) is 31.1 Å². The molecule has 2 atom stereocenters. The SMILES string of the molecule is CCCOc1ccc(Cl)cc1C(=O)NC1CCNC(C)C1.Cl. The quantitative estimate of drug-likeness (QED) is 0.858. The van der Waals surface area contributed by atoms with Crippen molar-refractivity contribution in [2.45, 2.75) is 45.2 Å². The first-order valence-corrected chi connectivity index (χ1v) is 7.94. The Morgan fingerprint density at radius 1 is 1.50 bits per heavy atom. The summed E-state index contributed by atoms with van der Waals surface area (Å²) in [6, 6.07) is 5.81. The van der Waals surface area contributed by atoms with Crippen molar-refractivity contribution in [2.24, 2.45) is 0 Å². The molecule has 0 aliphatic carbocycles. The van der Waals surface area contributed by atoms with Crippen LogP contribution < -0.4 is 15.4 Å². The standard InChI is InChI=1S/C16H23ClN2O2.ClH/c1-3-8-21-15-5-4-12(17)10-14(15)16(20)19-13-6-7-18-11(2)9-13;/h4-5,10-11,13,18H,3,6-9H2,1-2H3,(H,19,20);1H. The number of nitrogens with one attached hydrogen (secondary N) is 2. The van der Waals surface area contributed by atoms with Gasteiger partial charge in [0.2, 0.25) is 0 Å². The van der Waals surface area contributed by atoms with Gasteiger partial charge in [-0.3, -0.25) is 4.79 Å². The van der Waals surface area contributed by atoms with Crippen molar-refractivity contribution in [1.29, 1.82) is 0 Å². The molecule has 0 radical (unpaired) electrons. The molecule has 2 unspecified atom stereocenters. The summed E-state index contributed by atoms with van der Waals surface area (Å²) in [5.74, 6) is 0.489. The Morgan fingerprint density at radius 2 is 2.27 bits per heavy atom. The van der Waals surface area contributed by atoms with E-state index in [2.05, 4.69) is 17.6 Å². The molecule has 1 aliphatic heterocycles. The Labute approximate surface area is 143 Å². The van der Waals surface area contributed by atoms with E-state index in [1.54, 1.807) is 18.2 Å². The Bertz CT molecular complexity index is 497. The first-order valence-electron chi connectivity index (χ1n) is 7.56. The molecular weight excluding hydrogens is 323 g/mol. The van der Waals surface area contributed by atoms with Gasteiger partial charge in [-0.15, -0.1) is 12.4 Å². The molecule has 1 heterocycles. The fraction of sp³-hybridized carbons (Fsp3) is 0.562. The maximum atomic E-state index is 12.5. The summed E-state index contributed by atoms with van der Waals surface area (Å²) >= 11 is 6.02. The van der Waals surface area contributed by atoms with Crippen molar-refractivity contribution < 1.29 is 9.53 Å². The first kappa shape index (κ1) is 19.1. The maximum absolute atomic E-state index is 12.5. The van der Waals surface area contributed by atoms with Gasteiger partial charge >= 0.3 is 0 Å². The van der Waals surface area contributed by atoms with Crippen LogP contribution in [0, 0.1) is 0 Å². The first-order chi connectivity index (χ1) is 10.1. The molecule has 1 aromatic carbocycles. The normalized spacial score (nSPS) is 20.9. The molecule has 22 heavy (non-hydrogen) atoms. The Balaban J connectivity index is 0.00000242. The average Bonchev–Trinajstić information content (AvgIpc) is 2.46. The zero-order valence-electron chi connectivity index (χ0n) is 13.0. The zero-order chi connectivity index (χ0) is 15.2. The number of carbonyl (C=O) groups is 1. The number of halogens is 2. The maximum Gasteiger partial charge on any atom is 0.255 e. The molecule has 1 aromatic rings. The minimum atomic E-state index is -0.109. The van der Waals surface area contributed by atoms with Crippen LogP contribution in [0.15, 0.2) is 18.2 Å². The molecule has 1 saturated heterocycles. The zero-order valence-corrected chi connectivity index (χ0v) is 14.6. The fourth-order valence-corrected chi connectivity index (χ4v) is 2.72. The van der Waals surface area contributed by atoms with E-state index in [1.165, 1.54) is 0 Å². The smallest absolute Gasteiger partial charge is 0.255 e. The highest BCUT2D eigenvalue weighted by Crippen LogP contribution is 2.23. The second-order valence-corrected chi connectivity index (χ2v) is 5.98. The van der Waals surface area contributed by atoms with Crippen LogP contribution in [0.1, 0.15) is 43.5 Å². The number of benzene rings is 1. The summed E-state index contributed by atoms with van der Waals surface area (Å²) in [5.41, 5.74) is 0.516. The summed E-state index contributed by atoms with van der Waals surface area (Å²) in [6.45, 7) is 5.69. The molecule has 1 amide bonds. The van der Waals surface area contributed by atoms with Crippen molar-refractivity contribution in [3.8, 4) is 5.75 Å². The molecule has 1 aliphatic rings. The molecule has 0 bridgehead atoms. The van der Waals surface area contributed by atoms with Gasteiger partial charge in [0.05, 0.1) is 12.2 Å². The van der Waals surface area contributed by atoms with Gasteiger partial charge < -0.3 is 15.4 Å². The second-order valence-electron chi connectivity index (χ2n) is 5.54. The van der Waals surface area contributed by atoms with Gasteiger partial charge in [0.25, 0.3) is 5.91 Å². The number of piperidine rings is 1. The predicted molar refractivity (Wildman–Crippen MR) is 92.4 cm³/mol. The topological polar surface area (TPSA) is 50.4 Å². The number of amides is 1. The van der Waals surface area contributed by atoms with Gasteiger partial charge in [-0.25, -0.2) is 0 Å². The van der Waals surface area contributed by atoms with Crippen LogP contribution >= 0.6 is 24.0 Å². The lowest BCUT2D eigenvalue weighted by Crippen LogP contribution is -2.46. The molecule has 0 spiro atoms. The summed E-state index contributed by atoms with van der Waals surface area (Å²) in [6.07, 6.45) is 2.79. The van der Waals surface area contributed by atoms with Crippen molar-refractivity contribution in [3.05, 3.63) is 28.8 Å². The van der Waals surface area contributed by atoms with Crippen LogP contribution in [0.4, 0.5) is 0 Å². The van der Waals surface area contributed by atoms with Crippen molar-refractivity contribution in [3.63, 3.8) is 0 Å². The van der Waals surface area contributed by atoms with Crippen molar-refractivity contribution >= 4 is 29.9 Å². The van der Waals surface area contributed by atoms with Gasteiger partial charge in [-0.05, 0) is 50.9 Å². The number of rotatable bonds is 5. The largest absolute Gasteiger partial charge is 0.493 e. The van der Waals surface area contributed by atoms with E-state index in [0.717, 1.165) is 25.8 Å². The molecule has 0 saturated carbocycles. The summed E-state index contributed by atoms with van der Waals surface area (Å²) in [5, 5.41) is 7.01. The number of hydrogen-bond donors (Lipinski definition) is 2. The van der Waals surface area contributed by atoms with E-state index in [0.29, 0.717) is 29.0 Å². The Kier molecular flexibility index (Phi) is 8.01. The van der Waals surface area contributed by atoms with Gasteiger partial charge in [-0.1, -0.05) is 18.5 Å². The summed E-state index contributed by atoms with van der Waals surface area (Å²) in [4.78, 5) is 12.5. The van der Waals surface area contributed by atoms with Gasteiger partial charge in [-0.2, -0.15) is 0 Å². The molecule has 1 fully saturated rings. The number of carbonyl (C=O) groups excluding carboxylic acids is 1. The van der Waals surface area contributed by atoms with Crippen LogP contribution in [0.25, 0.3) is 0 Å².